The Kier molecular flexibility index (Phi) is 24.2. The monoisotopic (exact) mass is 412 g/mol. The lowest BCUT2D eigenvalue weighted by Gasteiger charge is -2.03. The van der Waals surface area contributed by atoms with E-state index in [0.717, 1.165) is 12.8 Å². The van der Waals surface area contributed by atoms with Crippen LogP contribution in [0.5, 0.6) is 0 Å². The number of unbranched alkanes of at least 4 members (excludes halogenated alkanes) is 16. The van der Waals surface area contributed by atoms with Crippen molar-refractivity contribution in [3.05, 3.63) is 12.2 Å². The largest absolute Gasteiger partial charge is 0.465 e. The summed E-state index contributed by atoms with van der Waals surface area (Å²) in [7, 11) is 0. The van der Waals surface area contributed by atoms with E-state index in [9.17, 15) is 4.79 Å². The van der Waals surface area contributed by atoms with Crippen molar-refractivity contribution in [2.75, 3.05) is 12.4 Å². The molecule has 0 aliphatic rings. The van der Waals surface area contributed by atoms with Crippen LogP contribution in [0.3, 0.4) is 0 Å². The molecule has 3 heteroatoms. The molecule has 2 nitrogen and oxygen atoms in total. The van der Waals surface area contributed by atoms with Gasteiger partial charge in [0.1, 0.15) is 6.61 Å². The maximum absolute atomic E-state index is 11.3. The Balaban J connectivity index is 3.12. The van der Waals surface area contributed by atoms with Crippen LogP contribution in [0.15, 0.2) is 12.2 Å². The number of ether oxygens (including phenoxy) is 1. The Morgan fingerprint density at radius 3 is 1.57 bits per heavy atom. The van der Waals surface area contributed by atoms with Gasteiger partial charge in [0.25, 0.3) is 0 Å². The molecule has 0 saturated carbocycles. The molecule has 0 aliphatic heterocycles. The van der Waals surface area contributed by atoms with E-state index in [1.807, 2.05) is 0 Å². The summed E-state index contributed by atoms with van der Waals surface area (Å²) in [5.74, 6) is 0.549. The van der Waals surface area contributed by atoms with Gasteiger partial charge < -0.3 is 4.74 Å². The molecule has 0 aromatic heterocycles. The van der Waals surface area contributed by atoms with Crippen LogP contribution in [0, 0.1) is 0 Å². The number of carbonyl (C=O) groups excluding carboxylic acids is 1. The number of hydrogen-bond donors (Lipinski definition) is 1. The van der Waals surface area contributed by atoms with Gasteiger partial charge in [-0.05, 0) is 32.1 Å². The average molecular weight is 413 g/mol. The molecule has 0 radical (unpaired) electrons. The van der Waals surface area contributed by atoms with Crippen LogP contribution in [0.4, 0.5) is 0 Å². The fraction of sp³-hybridized carbons (Fsp3) is 0.880. The molecular weight excluding hydrogens is 364 g/mol. The first-order valence-corrected chi connectivity index (χ1v) is 12.9. The van der Waals surface area contributed by atoms with Gasteiger partial charge in [-0.1, -0.05) is 103 Å². The highest BCUT2D eigenvalue weighted by atomic mass is 32.1. The Bertz CT molecular complexity index is 341. The summed E-state index contributed by atoms with van der Waals surface area (Å²) in [6.45, 7) is 2.72. The van der Waals surface area contributed by atoms with Gasteiger partial charge in [-0.2, -0.15) is 12.6 Å². The van der Waals surface area contributed by atoms with Crippen LogP contribution in [0.25, 0.3) is 0 Å². The molecule has 0 spiro atoms. The predicted molar refractivity (Wildman–Crippen MR) is 127 cm³/mol. The highest BCUT2D eigenvalue weighted by Gasteiger charge is 2.01. The van der Waals surface area contributed by atoms with Crippen LogP contribution in [0.1, 0.15) is 129 Å². The molecule has 0 aromatic carbocycles. The quantitative estimate of drug-likeness (QED) is 0.0835. The first-order chi connectivity index (χ1) is 13.8. The Hall–Kier alpha value is -0.440. The Morgan fingerprint density at radius 1 is 0.679 bits per heavy atom. The topological polar surface area (TPSA) is 26.3 Å². The zero-order valence-electron chi connectivity index (χ0n) is 18.8. The number of thiol groups is 1. The highest BCUT2D eigenvalue weighted by Crippen LogP contribution is 2.13. The summed E-state index contributed by atoms with van der Waals surface area (Å²) >= 11 is 4.03. The molecule has 0 fully saturated rings. The Labute approximate surface area is 181 Å². The molecule has 0 bridgehead atoms. The van der Waals surface area contributed by atoms with Crippen LogP contribution in [-0.4, -0.2) is 18.3 Å². The molecule has 0 atom stereocenters. The van der Waals surface area contributed by atoms with E-state index in [1.165, 1.54) is 103 Å². The van der Waals surface area contributed by atoms with Crippen LogP contribution in [-0.2, 0) is 9.53 Å². The van der Waals surface area contributed by atoms with E-state index in [0.29, 0.717) is 18.8 Å². The van der Waals surface area contributed by atoms with E-state index in [4.69, 9.17) is 4.74 Å². The summed E-state index contributed by atoms with van der Waals surface area (Å²) < 4.78 is 5.01. The van der Waals surface area contributed by atoms with Gasteiger partial charge in [0.05, 0.1) is 0 Å². The maximum atomic E-state index is 11.3. The molecule has 0 saturated heterocycles. The summed E-state index contributed by atoms with van der Waals surface area (Å²) in [5.41, 5.74) is 0. The average Bonchev–Trinajstić information content (AvgIpc) is 2.70. The number of carbonyl (C=O) groups is 1. The van der Waals surface area contributed by atoms with Crippen molar-refractivity contribution in [3.8, 4) is 0 Å². The van der Waals surface area contributed by atoms with Crippen molar-refractivity contribution in [3.63, 3.8) is 0 Å². The fourth-order valence-electron chi connectivity index (χ4n) is 3.46. The third-order valence-electron chi connectivity index (χ3n) is 5.25. The summed E-state index contributed by atoms with van der Waals surface area (Å²) in [6, 6.07) is 0. The van der Waals surface area contributed by atoms with E-state index < -0.39 is 0 Å². The van der Waals surface area contributed by atoms with E-state index >= 15 is 0 Å². The first kappa shape index (κ1) is 27.6. The molecule has 0 unspecified atom stereocenters. The van der Waals surface area contributed by atoms with Gasteiger partial charge in [0.2, 0.25) is 0 Å². The molecule has 0 aromatic rings. The lowest BCUT2D eigenvalue weighted by atomic mass is 10.0. The van der Waals surface area contributed by atoms with Crippen molar-refractivity contribution >= 4 is 18.6 Å². The number of allylic oxidation sites excluding steroid dienone is 2. The lowest BCUT2D eigenvalue weighted by molar-refractivity contribution is -0.143. The standard InChI is InChI=1S/C25H48O2S/c1-2-3-4-5-6-7-8-9-10-11-12-13-14-15-16-17-18-19-20-21-22-25(26)27-23-24-28/h9-10,28H,2-8,11-24H2,1H3/b10-9+. The van der Waals surface area contributed by atoms with Gasteiger partial charge in [-0.3, -0.25) is 4.79 Å². The molecule has 0 N–H and O–H groups in total. The smallest absolute Gasteiger partial charge is 0.305 e. The normalized spacial score (nSPS) is 11.4. The molecule has 166 valence electrons. The second-order valence-electron chi connectivity index (χ2n) is 8.05. The maximum Gasteiger partial charge on any atom is 0.305 e. The van der Waals surface area contributed by atoms with E-state index in [-0.39, 0.29) is 5.97 Å². The minimum Gasteiger partial charge on any atom is -0.465 e. The van der Waals surface area contributed by atoms with Gasteiger partial charge in [-0.15, -0.1) is 0 Å². The molecule has 0 aliphatic carbocycles. The van der Waals surface area contributed by atoms with Crippen LogP contribution in [0.2, 0.25) is 0 Å². The second-order valence-corrected chi connectivity index (χ2v) is 8.49. The van der Waals surface area contributed by atoms with Crippen LogP contribution >= 0.6 is 12.6 Å². The molecule has 28 heavy (non-hydrogen) atoms. The minimum atomic E-state index is -0.0636. The zero-order chi connectivity index (χ0) is 20.5. The molecule has 0 heterocycles. The van der Waals surface area contributed by atoms with Gasteiger partial charge in [0, 0.05) is 12.2 Å². The fourth-order valence-corrected chi connectivity index (χ4v) is 3.55. The predicted octanol–water partition coefficient (Wildman–Crippen LogP) is 8.45. The lowest BCUT2D eigenvalue weighted by Crippen LogP contribution is -2.06. The number of esters is 1. The van der Waals surface area contributed by atoms with Crippen molar-refractivity contribution in [1.29, 1.82) is 0 Å². The third kappa shape index (κ3) is 23.6. The SMILES string of the molecule is CCCCCCCC/C=C/CCCCCCCCCCCCC(=O)OCCS. The number of rotatable bonds is 22. The van der Waals surface area contributed by atoms with Crippen molar-refractivity contribution < 1.29 is 9.53 Å². The second kappa shape index (κ2) is 24.6. The summed E-state index contributed by atoms with van der Waals surface area (Å²) in [4.78, 5) is 11.3. The van der Waals surface area contributed by atoms with Gasteiger partial charge >= 0.3 is 5.97 Å². The number of hydrogen-bond acceptors (Lipinski definition) is 3. The molecular formula is C25H48O2S. The first-order valence-electron chi connectivity index (χ1n) is 12.2. The van der Waals surface area contributed by atoms with Gasteiger partial charge in [0.15, 0.2) is 0 Å². The summed E-state index contributed by atoms with van der Waals surface area (Å²) in [6.07, 6.45) is 29.2. The van der Waals surface area contributed by atoms with Crippen LogP contribution < -0.4 is 0 Å². The van der Waals surface area contributed by atoms with Crippen molar-refractivity contribution in [2.45, 2.75) is 129 Å². The van der Waals surface area contributed by atoms with Crippen molar-refractivity contribution in [2.24, 2.45) is 0 Å². The Morgan fingerprint density at radius 2 is 1.11 bits per heavy atom. The van der Waals surface area contributed by atoms with Gasteiger partial charge in [-0.25, -0.2) is 0 Å². The molecule has 0 rings (SSSR count). The summed E-state index contributed by atoms with van der Waals surface area (Å²) in [5, 5.41) is 0. The van der Waals surface area contributed by atoms with Crippen molar-refractivity contribution in [1.82, 2.24) is 0 Å². The third-order valence-corrected chi connectivity index (χ3v) is 5.43. The highest BCUT2D eigenvalue weighted by molar-refractivity contribution is 7.80. The molecule has 0 amide bonds. The van der Waals surface area contributed by atoms with E-state index in [1.54, 1.807) is 0 Å². The zero-order valence-corrected chi connectivity index (χ0v) is 19.7. The van der Waals surface area contributed by atoms with E-state index in [2.05, 4.69) is 31.7 Å². The minimum absolute atomic E-state index is 0.0636.